The molecule has 0 fully saturated rings. The van der Waals surface area contributed by atoms with Crippen LogP contribution in [0.15, 0.2) is 22.7 Å². The lowest BCUT2D eigenvalue weighted by atomic mass is 9.96. The van der Waals surface area contributed by atoms with Crippen molar-refractivity contribution in [1.82, 2.24) is 0 Å². The normalized spacial score (nSPS) is 13.8. The summed E-state index contributed by atoms with van der Waals surface area (Å²) in [6.07, 6.45) is 1.15. The summed E-state index contributed by atoms with van der Waals surface area (Å²) in [7, 11) is 1.62. The van der Waals surface area contributed by atoms with Crippen molar-refractivity contribution in [1.29, 1.82) is 0 Å². The van der Waals surface area contributed by atoms with Gasteiger partial charge in [0.1, 0.15) is 5.75 Å². The van der Waals surface area contributed by atoms with Gasteiger partial charge < -0.3 is 15.6 Å². The molecular formula is C14H23BrClNO2. The topological polar surface area (TPSA) is 55.5 Å². The van der Waals surface area contributed by atoms with Crippen LogP contribution in [-0.2, 0) is 0 Å². The molecule has 0 aliphatic rings. The van der Waals surface area contributed by atoms with Gasteiger partial charge in [-0.25, -0.2) is 0 Å². The molecule has 19 heavy (non-hydrogen) atoms. The van der Waals surface area contributed by atoms with Gasteiger partial charge in [-0.1, -0.05) is 29.8 Å². The highest BCUT2D eigenvalue weighted by molar-refractivity contribution is 9.10. The van der Waals surface area contributed by atoms with E-state index >= 15 is 0 Å². The van der Waals surface area contributed by atoms with Gasteiger partial charge in [0.2, 0.25) is 0 Å². The lowest BCUT2D eigenvalue weighted by Crippen LogP contribution is -2.26. The Kier molecular flexibility index (Phi) is 8.66. The second-order valence-corrected chi connectivity index (χ2v) is 5.81. The van der Waals surface area contributed by atoms with Gasteiger partial charge in [-0.2, -0.15) is 0 Å². The first kappa shape index (κ1) is 18.7. The van der Waals surface area contributed by atoms with E-state index in [4.69, 9.17) is 10.5 Å². The van der Waals surface area contributed by atoms with Crippen molar-refractivity contribution < 1.29 is 9.84 Å². The second kappa shape index (κ2) is 8.80. The van der Waals surface area contributed by atoms with Crippen LogP contribution >= 0.6 is 28.3 Å². The number of halogens is 2. The van der Waals surface area contributed by atoms with Crippen LogP contribution in [0.5, 0.6) is 5.75 Å². The SMILES string of the molecule is COc1ccc(Br)c([C@@H](N)[C@@H](O)CCC(C)C)c1.Cl. The minimum absolute atomic E-state index is 0. The minimum atomic E-state index is -0.532. The third kappa shape index (κ3) is 5.69. The van der Waals surface area contributed by atoms with E-state index in [1.807, 2.05) is 18.2 Å². The highest BCUT2D eigenvalue weighted by atomic mass is 79.9. The lowest BCUT2D eigenvalue weighted by Gasteiger charge is -2.21. The van der Waals surface area contributed by atoms with Crippen molar-refractivity contribution >= 4 is 28.3 Å². The number of rotatable bonds is 6. The van der Waals surface area contributed by atoms with Gasteiger partial charge in [0.05, 0.1) is 19.3 Å². The van der Waals surface area contributed by atoms with Crippen LogP contribution in [0, 0.1) is 5.92 Å². The first-order chi connectivity index (χ1) is 8.45. The maximum Gasteiger partial charge on any atom is 0.119 e. The van der Waals surface area contributed by atoms with Crippen LogP contribution in [0.3, 0.4) is 0 Å². The van der Waals surface area contributed by atoms with E-state index in [2.05, 4.69) is 29.8 Å². The molecule has 3 N–H and O–H groups in total. The summed E-state index contributed by atoms with van der Waals surface area (Å²) in [6, 6.07) is 5.23. The molecule has 1 aromatic carbocycles. The van der Waals surface area contributed by atoms with E-state index in [1.54, 1.807) is 7.11 Å². The van der Waals surface area contributed by atoms with Gasteiger partial charge in [0.25, 0.3) is 0 Å². The average molecular weight is 353 g/mol. The molecule has 0 spiro atoms. The van der Waals surface area contributed by atoms with E-state index in [-0.39, 0.29) is 12.4 Å². The summed E-state index contributed by atoms with van der Waals surface area (Å²) in [5, 5.41) is 10.1. The molecule has 3 nitrogen and oxygen atoms in total. The Morgan fingerprint density at radius 1 is 1.32 bits per heavy atom. The Morgan fingerprint density at radius 2 is 1.95 bits per heavy atom. The monoisotopic (exact) mass is 351 g/mol. The number of methoxy groups -OCH3 is 1. The Balaban J connectivity index is 0.00000324. The van der Waals surface area contributed by atoms with Gasteiger partial charge >= 0.3 is 0 Å². The number of hydrogen-bond acceptors (Lipinski definition) is 3. The highest BCUT2D eigenvalue weighted by Gasteiger charge is 2.19. The molecule has 1 rings (SSSR count). The average Bonchev–Trinajstić information content (AvgIpc) is 2.35. The molecule has 0 bridgehead atoms. The summed E-state index contributed by atoms with van der Waals surface area (Å²) in [5.41, 5.74) is 6.99. The zero-order valence-electron chi connectivity index (χ0n) is 11.6. The molecular weight excluding hydrogens is 330 g/mol. The third-order valence-corrected chi connectivity index (χ3v) is 3.74. The Morgan fingerprint density at radius 3 is 2.47 bits per heavy atom. The van der Waals surface area contributed by atoms with E-state index in [0.717, 1.165) is 22.2 Å². The minimum Gasteiger partial charge on any atom is -0.497 e. The van der Waals surface area contributed by atoms with Crippen molar-refractivity contribution in [3.8, 4) is 5.75 Å². The van der Waals surface area contributed by atoms with Gasteiger partial charge in [0, 0.05) is 4.47 Å². The molecule has 0 unspecified atom stereocenters. The predicted octanol–water partition coefficient (Wildman–Crippen LogP) is 3.68. The maximum absolute atomic E-state index is 10.1. The van der Waals surface area contributed by atoms with Crippen LogP contribution < -0.4 is 10.5 Å². The van der Waals surface area contributed by atoms with Gasteiger partial charge in [0.15, 0.2) is 0 Å². The standard InChI is InChI=1S/C14H22BrNO2.ClH/c1-9(2)4-7-13(17)14(16)11-8-10(18-3)5-6-12(11)15;/h5-6,8-9,13-14,17H,4,7,16H2,1-3H3;1H/t13-,14+;/m0./s1. The summed E-state index contributed by atoms with van der Waals surface area (Å²) < 4.78 is 6.08. The van der Waals surface area contributed by atoms with Crippen molar-refractivity contribution in [2.45, 2.75) is 38.8 Å². The lowest BCUT2D eigenvalue weighted by molar-refractivity contribution is 0.128. The van der Waals surface area contributed by atoms with Gasteiger partial charge in [-0.3, -0.25) is 0 Å². The number of ether oxygens (including phenoxy) is 1. The summed E-state index contributed by atoms with van der Waals surface area (Å²) in [6.45, 7) is 4.28. The first-order valence-electron chi connectivity index (χ1n) is 6.22. The van der Waals surface area contributed by atoms with E-state index in [0.29, 0.717) is 12.3 Å². The fourth-order valence-corrected chi connectivity index (χ4v) is 2.31. The molecule has 0 saturated heterocycles. The molecule has 110 valence electrons. The van der Waals surface area contributed by atoms with Crippen molar-refractivity contribution in [2.75, 3.05) is 7.11 Å². The van der Waals surface area contributed by atoms with Crippen molar-refractivity contribution in [2.24, 2.45) is 11.7 Å². The van der Waals surface area contributed by atoms with E-state index in [9.17, 15) is 5.11 Å². The Hall–Kier alpha value is -0.290. The molecule has 0 saturated carbocycles. The van der Waals surface area contributed by atoms with Crippen LogP contribution in [0.2, 0.25) is 0 Å². The van der Waals surface area contributed by atoms with Crippen LogP contribution in [0.4, 0.5) is 0 Å². The zero-order chi connectivity index (χ0) is 13.7. The number of hydrogen-bond donors (Lipinski definition) is 2. The fraction of sp³-hybridized carbons (Fsp3) is 0.571. The highest BCUT2D eigenvalue weighted by Crippen LogP contribution is 2.29. The predicted molar refractivity (Wildman–Crippen MR) is 84.9 cm³/mol. The van der Waals surface area contributed by atoms with Gasteiger partial charge in [-0.15, -0.1) is 12.4 Å². The molecule has 5 heteroatoms. The van der Waals surface area contributed by atoms with Crippen molar-refractivity contribution in [3.05, 3.63) is 28.2 Å². The van der Waals surface area contributed by atoms with E-state index < -0.39 is 12.1 Å². The zero-order valence-corrected chi connectivity index (χ0v) is 14.0. The summed E-state index contributed by atoms with van der Waals surface area (Å²) in [4.78, 5) is 0. The largest absolute Gasteiger partial charge is 0.497 e. The Labute approximate surface area is 130 Å². The van der Waals surface area contributed by atoms with Gasteiger partial charge in [-0.05, 0) is 42.5 Å². The quantitative estimate of drug-likeness (QED) is 0.821. The molecule has 0 aliphatic carbocycles. The maximum atomic E-state index is 10.1. The van der Waals surface area contributed by atoms with Crippen LogP contribution in [0.1, 0.15) is 38.3 Å². The molecule has 0 heterocycles. The number of aliphatic hydroxyl groups is 1. The first-order valence-corrected chi connectivity index (χ1v) is 7.02. The molecule has 0 radical (unpaired) electrons. The fourth-order valence-electron chi connectivity index (χ4n) is 1.80. The molecule has 0 aromatic heterocycles. The number of aliphatic hydroxyl groups excluding tert-OH is 1. The van der Waals surface area contributed by atoms with E-state index in [1.165, 1.54) is 0 Å². The van der Waals surface area contributed by atoms with Crippen LogP contribution in [0.25, 0.3) is 0 Å². The number of nitrogens with two attached hydrogens (primary N) is 1. The second-order valence-electron chi connectivity index (χ2n) is 4.95. The molecule has 0 aliphatic heterocycles. The molecule has 1 aromatic rings. The summed E-state index contributed by atoms with van der Waals surface area (Å²) in [5.74, 6) is 1.32. The third-order valence-electron chi connectivity index (χ3n) is 3.02. The molecule has 2 atom stereocenters. The Bertz CT molecular complexity index is 388. The smallest absolute Gasteiger partial charge is 0.119 e. The summed E-state index contributed by atoms with van der Waals surface area (Å²) >= 11 is 3.46. The van der Waals surface area contributed by atoms with Crippen molar-refractivity contribution in [3.63, 3.8) is 0 Å². The van der Waals surface area contributed by atoms with Crippen LogP contribution in [-0.4, -0.2) is 18.3 Å². The molecule has 0 amide bonds. The number of benzene rings is 1.